The third-order valence-corrected chi connectivity index (χ3v) is 4.36. The van der Waals surface area contributed by atoms with E-state index in [9.17, 15) is 13.2 Å². The fraction of sp³-hybridized carbons (Fsp3) is 0.133. The number of sulfonamides is 1. The summed E-state index contributed by atoms with van der Waals surface area (Å²) in [6.45, 7) is 1.86. The minimum Gasteiger partial charge on any atom is -0.495 e. The van der Waals surface area contributed by atoms with Crippen molar-refractivity contribution in [3.63, 3.8) is 0 Å². The number of aromatic carboxylic acids is 1. The fourth-order valence-electron chi connectivity index (χ4n) is 1.88. The van der Waals surface area contributed by atoms with Crippen molar-refractivity contribution in [2.24, 2.45) is 0 Å². The minimum absolute atomic E-state index is 0.0984. The standard InChI is InChI=1S/C15H15NO5S/c1-10-6-7-13(14(8-10)21-2)16-22(19,20)12-5-3-4-11(9-12)15(17)18/h3-9,16H,1-2H3,(H,17,18). The van der Waals surface area contributed by atoms with Crippen molar-refractivity contribution in [1.29, 1.82) is 0 Å². The van der Waals surface area contributed by atoms with E-state index in [1.807, 2.05) is 6.92 Å². The highest BCUT2D eigenvalue weighted by molar-refractivity contribution is 7.92. The summed E-state index contributed by atoms with van der Waals surface area (Å²) in [4.78, 5) is 10.8. The lowest BCUT2D eigenvalue weighted by Gasteiger charge is -2.12. The number of ether oxygens (including phenoxy) is 1. The summed E-state index contributed by atoms with van der Waals surface area (Å²) < 4.78 is 32.3. The predicted molar refractivity (Wildman–Crippen MR) is 81.9 cm³/mol. The summed E-state index contributed by atoms with van der Waals surface area (Å²) in [7, 11) is -2.47. The van der Waals surface area contributed by atoms with E-state index in [0.29, 0.717) is 5.75 Å². The first-order chi connectivity index (χ1) is 10.3. The second kappa shape index (κ2) is 6.07. The molecule has 0 bridgehead atoms. The summed E-state index contributed by atoms with van der Waals surface area (Å²) in [5.74, 6) is -0.803. The van der Waals surface area contributed by atoms with E-state index >= 15 is 0 Å². The molecule has 0 aliphatic heterocycles. The van der Waals surface area contributed by atoms with Gasteiger partial charge < -0.3 is 9.84 Å². The second-order valence-corrected chi connectivity index (χ2v) is 6.32. The molecule has 0 atom stereocenters. The topological polar surface area (TPSA) is 92.7 Å². The molecule has 2 aromatic carbocycles. The second-order valence-electron chi connectivity index (χ2n) is 4.64. The van der Waals surface area contributed by atoms with Crippen LogP contribution in [0.25, 0.3) is 0 Å². The number of hydrogen-bond acceptors (Lipinski definition) is 4. The zero-order chi connectivity index (χ0) is 16.3. The van der Waals surface area contributed by atoms with Crippen LogP contribution in [-0.2, 0) is 10.0 Å². The van der Waals surface area contributed by atoms with Gasteiger partial charge in [0, 0.05) is 0 Å². The van der Waals surface area contributed by atoms with Gasteiger partial charge in [-0.1, -0.05) is 12.1 Å². The molecule has 0 saturated carbocycles. The lowest BCUT2D eigenvalue weighted by Crippen LogP contribution is -2.14. The van der Waals surface area contributed by atoms with Crippen molar-refractivity contribution in [3.05, 3.63) is 53.6 Å². The van der Waals surface area contributed by atoms with Crippen LogP contribution in [0.15, 0.2) is 47.4 Å². The van der Waals surface area contributed by atoms with E-state index in [2.05, 4.69) is 4.72 Å². The first-order valence-electron chi connectivity index (χ1n) is 6.34. The normalized spacial score (nSPS) is 11.0. The zero-order valence-electron chi connectivity index (χ0n) is 12.0. The number of nitrogens with one attached hydrogen (secondary N) is 1. The summed E-state index contributed by atoms with van der Waals surface area (Å²) in [6.07, 6.45) is 0. The Labute approximate surface area is 128 Å². The van der Waals surface area contributed by atoms with Gasteiger partial charge in [-0.25, -0.2) is 13.2 Å². The zero-order valence-corrected chi connectivity index (χ0v) is 12.8. The molecule has 0 aromatic heterocycles. The molecule has 0 spiro atoms. The summed E-state index contributed by atoms with van der Waals surface area (Å²) in [6, 6.07) is 10.2. The molecule has 2 N–H and O–H groups in total. The monoisotopic (exact) mass is 321 g/mol. The Kier molecular flexibility index (Phi) is 4.37. The average Bonchev–Trinajstić information content (AvgIpc) is 2.49. The van der Waals surface area contributed by atoms with Crippen LogP contribution in [-0.4, -0.2) is 26.6 Å². The maximum absolute atomic E-state index is 12.4. The molecule has 0 aliphatic rings. The van der Waals surface area contributed by atoms with E-state index in [4.69, 9.17) is 9.84 Å². The molecule has 0 unspecified atom stereocenters. The molecular weight excluding hydrogens is 306 g/mol. The minimum atomic E-state index is -3.91. The highest BCUT2D eigenvalue weighted by Gasteiger charge is 2.18. The SMILES string of the molecule is COc1cc(C)ccc1NS(=O)(=O)c1cccc(C(=O)O)c1. The molecule has 7 heteroatoms. The average molecular weight is 321 g/mol. The van der Waals surface area contributed by atoms with Crippen molar-refractivity contribution in [3.8, 4) is 5.75 Å². The molecule has 6 nitrogen and oxygen atoms in total. The summed E-state index contributed by atoms with van der Waals surface area (Å²) in [5.41, 5.74) is 1.11. The van der Waals surface area contributed by atoms with Gasteiger partial charge >= 0.3 is 5.97 Å². The van der Waals surface area contributed by atoms with Crippen molar-refractivity contribution < 1.29 is 23.1 Å². The quantitative estimate of drug-likeness (QED) is 0.882. The van der Waals surface area contributed by atoms with E-state index in [0.717, 1.165) is 11.6 Å². The number of carboxylic acids is 1. The van der Waals surface area contributed by atoms with Gasteiger partial charge in [0.05, 0.1) is 23.3 Å². The van der Waals surface area contributed by atoms with Crippen LogP contribution >= 0.6 is 0 Å². The van der Waals surface area contributed by atoms with E-state index in [1.165, 1.54) is 25.3 Å². The number of methoxy groups -OCH3 is 1. The van der Waals surface area contributed by atoms with Crippen molar-refractivity contribution in [2.45, 2.75) is 11.8 Å². The Balaban J connectivity index is 2.40. The van der Waals surface area contributed by atoms with Crippen LogP contribution in [0.2, 0.25) is 0 Å². The van der Waals surface area contributed by atoms with E-state index < -0.39 is 16.0 Å². The van der Waals surface area contributed by atoms with Crippen molar-refractivity contribution in [1.82, 2.24) is 0 Å². The molecule has 2 rings (SSSR count). The predicted octanol–water partition coefficient (Wildman–Crippen LogP) is 2.50. The molecule has 2 aromatic rings. The Morgan fingerprint density at radius 1 is 1.18 bits per heavy atom. The van der Waals surface area contributed by atoms with Crippen LogP contribution in [0.3, 0.4) is 0 Å². The lowest BCUT2D eigenvalue weighted by atomic mass is 10.2. The highest BCUT2D eigenvalue weighted by Crippen LogP contribution is 2.27. The van der Waals surface area contributed by atoms with Gasteiger partial charge in [0.15, 0.2) is 0 Å². The maximum Gasteiger partial charge on any atom is 0.335 e. The third kappa shape index (κ3) is 3.37. The lowest BCUT2D eigenvalue weighted by molar-refractivity contribution is 0.0696. The highest BCUT2D eigenvalue weighted by atomic mass is 32.2. The largest absolute Gasteiger partial charge is 0.495 e. The maximum atomic E-state index is 12.4. The molecular formula is C15H15NO5S. The van der Waals surface area contributed by atoms with Gasteiger partial charge in [0.1, 0.15) is 5.75 Å². The first kappa shape index (κ1) is 15.8. The number of carbonyl (C=O) groups is 1. The number of rotatable bonds is 5. The van der Waals surface area contributed by atoms with Gasteiger partial charge in [0.2, 0.25) is 0 Å². The van der Waals surface area contributed by atoms with Gasteiger partial charge in [-0.05, 0) is 42.8 Å². The van der Waals surface area contributed by atoms with Gasteiger partial charge in [0.25, 0.3) is 10.0 Å². The summed E-state index contributed by atoms with van der Waals surface area (Å²) >= 11 is 0. The molecule has 0 saturated heterocycles. The Hall–Kier alpha value is -2.54. The Morgan fingerprint density at radius 2 is 1.91 bits per heavy atom. The number of hydrogen-bond donors (Lipinski definition) is 2. The molecule has 0 fully saturated rings. The van der Waals surface area contributed by atoms with Crippen LogP contribution in [0.1, 0.15) is 15.9 Å². The molecule has 0 aliphatic carbocycles. The van der Waals surface area contributed by atoms with Crippen LogP contribution in [0.4, 0.5) is 5.69 Å². The Bertz CT molecular complexity index is 814. The first-order valence-corrected chi connectivity index (χ1v) is 7.82. The Morgan fingerprint density at radius 3 is 2.55 bits per heavy atom. The number of benzene rings is 2. The summed E-state index contributed by atoms with van der Waals surface area (Å²) in [5, 5.41) is 8.94. The van der Waals surface area contributed by atoms with Gasteiger partial charge in [-0.3, -0.25) is 4.72 Å². The van der Waals surface area contributed by atoms with Crippen LogP contribution in [0.5, 0.6) is 5.75 Å². The van der Waals surface area contributed by atoms with Crippen molar-refractivity contribution in [2.75, 3.05) is 11.8 Å². The fourth-order valence-corrected chi connectivity index (χ4v) is 3.00. The van der Waals surface area contributed by atoms with Crippen LogP contribution in [0, 0.1) is 6.92 Å². The molecule has 22 heavy (non-hydrogen) atoms. The number of carboxylic acid groups (broad SMARTS) is 1. The molecule has 0 heterocycles. The molecule has 116 valence electrons. The molecule has 0 radical (unpaired) electrons. The molecule has 0 amide bonds. The third-order valence-electron chi connectivity index (χ3n) is 2.99. The van der Waals surface area contributed by atoms with Gasteiger partial charge in [-0.15, -0.1) is 0 Å². The smallest absolute Gasteiger partial charge is 0.335 e. The van der Waals surface area contributed by atoms with E-state index in [1.54, 1.807) is 18.2 Å². The van der Waals surface area contributed by atoms with Crippen molar-refractivity contribution >= 4 is 21.7 Å². The van der Waals surface area contributed by atoms with Crippen LogP contribution < -0.4 is 9.46 Å². The van der Waals surface area contributed by atoms with E-state index in [-0.39, 0.29) is 16.1 Å². The number of aryl methyl sites for hydroxylation is 1. The van der Waals surface area contributed by atoms with Gasteiger partial charge in [-0.2, -0.15) is 0 Å². The number of anilines is 1.